The average molecular weight is 271 g/mol. The van der Waals surface area contributed by atoms with Crippen molar-refractivity contribution in [2.24, 2.45) is 5.92 Å². The summed E-state index contributed by atoms with van der Waals surface area (Å²) >= 11 is 0. The van der Waals surface area contributed by atoms with Gasteiger partial charge in [-0.1, -0.05) is 6.92 Å². The van der Waals surface area contributed by atoms with Crippen molar-refractivity contribution in [1.29, 1.82) is 0 Å². The highest BCUT2D eigenvalue weighted by Crippen LogP contribution is 2.20. The molecular weight excluding hydrogens is 250 g/mol. The van der Waals surface area contributed by atoms with Crippen LogP contribution in [0.15, 0.2) is 24.5 Å². The minimum atomic E-state index is 0.691. The maximum atomic E-state index is 10.8. The first-order valence-electron chi connectivity index (χ1n) is 7.43. The second-order valence-electron chi connectivity index (χ2n) is 5.68. The summed E-state index contributed by atoms with van der Waals surface area (Å²) in [6, 6.07) is 3.73. The van der Waals surface area contributed by atoms with E-state index in [1.165, 1.54) is 25.9 Å². The Morgan fingerprint density at radius 2 is 2.30 bits per heavy atom. The van der Waals surface area contributed by atoms with Crippen LogP contribution >= 0.6 is 0 Å². The van der Waals surface area contributed by atoms with Crippen LogP contribution < -0.4 is 0 Å². The van der Waals surface area contributed by atoms with Gasteiger partial charge in [0.25, 0.3) is 0 Å². The lowest BCUT2D eigenvalue weighted by Crippen LogP contribution is -2.35. The Morgan fingerprint density at radius 1 is 1.40 bits per heavy atom. The molecule has 0 bridgehead atoms. The summed E-state index contributed by atoms with van der Waals surface area (Å²) in [7, 11) is 0. The number of hydrogen-bond donors (Lipinski definition) is 0. The number of aromatic nitrogens is 2. The minimum absolute atomic E-state index is 0.691. The molecule has 0 N–H and O–H groups in total. The van der Waals surface area contributed by atoms with E-state index in [-0.39, 0.29) is 0 Å². The van der Waals surface area contributed by atoms with E-state index >= 15 is 0 Å². The number of rotatable bonds is 4. The zero-order valence-corrected chi connectivity index (χ0v) is 12.0. The predicted octanol–water partition coefficient (Wildman–Crippen LogP) is 2.42. The lowest BCUT2D eigenvalue weighted by Gasteiger charge is -2.31. The summed E-state index contributed by atoms with van der Waals surface area (Å²) in [6.45, 7) is 5.80. The first-order chi connectivity index (χ1) is 9.78. The normalized spacial score (nSPS) is 20.4. The molecule has 1 aliphatic heterocycles. The monoisotopic (exact) mass is 271 g/mol. The number of aldehydes is 1. The lowest BCUT2D eigenvalue weighted by atomic mass is 9.94. The van der Waals surface area contributed by atoms with Gasteiger partial charge in [-0.2, -0.15) is 0 Å². The molecule has 0 aromatic carbocycles. The zero-order chi connectivity index (χ0) is 13.9. The summed E-state index contributed by atoms with van der Waals surface area (Å²) in [6.07, 6.45) is 8.41. The Labute approximate surface area is 119 Å². The smallest absolute Gasteiger partial charge is 0.151 e. The van der Waals surface area contributed by atoms with E-state index in [1.54, 1.807) is 0 Å². The maximum absolute atomic E-state index is 10.8. The Balaban J connectivity index is 1.75. The van der Waals surface area contributed by atoms with Crippen molar-refractivity contribution in [3.8, 4) is 0 Å². The molecule has 0 saturated carbocycles. The molecule has 4 heteroatoms. The number of piperidine rings is 1. The van der Waals surface area contributed by atoms with E-state index < -0.39 is 0 Å². The lowest BCUT2D eigenvalue weighted by molar-refractivity contribution is 0.112. The molecule has 1 fully saturated rings. The van der Waals surface area contributed by atoms with Gasteiger partial charge in [-0.05, 0) is 50.4 Å². The molecule has 1 saturated heterocycles. The van der Waals surface area contributed by atoms with Crippen molar-refractivity contribution in [3.63, 3.8) is 0 Å². The van der Waals surface area contributed by atoms with Gasteiger partial charge < -0.3 is 9.30 Å². The number of nitrogens with zero attached hydrogens (tertiary/aromatic N) is 3. The SMILES string of the molecule is CCN1CCCC(Cc2cn3cc(C=O)ccc3n2)C1. The Morgan fingerprint density at radius 3 is 3.10 bits per heavy atom. The first kappa shape index (κ1) is 13.3. The van der Waals surface area contributed by atoms with Crippen molar-refractivity contribution < 1.29 is 4.79 Å². The quantitative estimate of drug-likeness (QED) is 0.801. The highest BCUT2D eigenvalue weighted by atomic mass is 16.1. The highest BCUT2D eigenvalue weighted by Gasteiger charge is 2.19. The number of hydrogen-bond acceptors (Lipinski definition) is 3. The van der Waals surface area contributed by atoms with Gasteiger partial charge in [0, 0.05) is 24.5 Å². The molecule has 0 spiro atoms. The second kappa shape index (κ2) is 5.75. The molecule has 0 radical (unpaired) electrons. The van der Waals surface area contributed by atoms with Crippen LogP contribution in [0.1, 0.15) is 35.8 Å². The van der Waals surface area contributed by atoms with Crippen LogP contribution in [0.4, 0.5) is 0 Å². The van der Waals surface area contributed by atoms with Crippen LogP contribution in [0, 0.1) is 5.92 Å². The topological polar surface area (TPSA) is 37.6 Å². The molecule has 4 nitrogen and oxygen atoms in total. The van der Waals surface area contributed by atoms with Gasteiger partial charge in [0.05, 0.1) is 5.69 Å². The number of fused-ring (bicyclic) bond motifs is 1. The molecule has 106 valence electrons. The first-order valence-corrected chi connectivity index (χ1v) is 7.43. The average Bonchev–Trinajstić information content (AvgIpc) is 2.88. The number of likely N-dealkylation sites (tertiary alicyclic amines) is 1. The molecular formula is C16H21N3O. The van der Waals surface area contributed by atoms with Gasteiger partial charge in [0.15, 0.2) is 6.29 Å². The number of carbonyl (C=O) groups excluding carboxylic acids is 1. The Kier molecular flexibility index (Phi) is 3.83. The van der Waals surface area contributed by atoms with Crippen LogP contribution in [-0.4, -0.2) is 40.2 Å². The molecule has 3 heterocycles. The Hall–Kier alpha value is -1.68. The van der Waals surface area contributed by atoms with E-state index in [0.29, 0.717) is 11.5 Å². The fourth-order valence-electron chi connectivity index (χ4n) is 3.13. The molecule has 0 amide bonds. The van der Waals surface area contributed by atoms with Crippen molar-refractivity contribution in [2.45, 2.75) is 26.2 Å². The van der Waals surface area contributed by atoms with E-state index in [9.17, 15) is 4.79 Å². The van der Waals surface area contributed by atoms with Gasteiger partial charge in [-0.3, -0.25) is 4.79 Å². The van der Waals surface area contributed by atoms with Crippen molar-refractivity contribution in [2.75, 3.05) is 19.6 Å². The summed E-state index contributed by atoms with van der Waals surface area (Å²) in [5.41, 5.74) is 2.75. The van der Waals surface area contributed by atoms with E-state index in [2.05, 4.69) is 23.0 Å². The summed E-state index contributed by atoms with van der Waals surface area (Å²) < 4.78 is 1.96. The van der Waals surface area contributed by atoms with Crippen LogP contribution in [0.3, 0.4) is 0 Å². The van der Waals surface area contributed by atoms with Gasteiger partial charge in [-0.15, -0.1) is 0 Å². The molecule has 2 aromatic rings. The second-order valence-corrected chi connectivity index (χ2v) is 5.68. The minimum Gasteiger partial charge on any atom is -0.306 e. The summed E-state index contributed by atoms with van der Waals surface area (Å²) in [5, 5.41) is 0. The van der Waals surface area contributed by atoms with Crippen LogP contribution in [-0.2, 0) is 6.42 Å². The number of imidazole rings is 1. The van der Waals surface area contributed by atoms with Crippen molar-refractivity contribution >= 4 is 11.9 Å². The standard InChI is InChI=1S/C16H21N3O/c1-2-18-7-3-4-13(9-18)8-15-11-19-10-14(12-20)5-6-16(19)17-15/h5-6,10-13H,2-4,7-9H2,1H3. The molecule has 20 heavy (non-hydrogen) atoms. The molecule has 1 unspecified atom stereocenters. The van der Waals surface area contributed by atoms with Crippen LogP contribution in [0.25, 0.3) is 5.65 Å². The fourth-order valence-corrected chi connectivity index (χ4v) is 3.13. The van der Waals surface area contributed by atoms with E-state index in [0.717, 1.165) is 30.6 Å². The molecule has 3 rings (SSSR count). The largest absolute Gasteiger partial charge is 0.306 e. The van der Waals surface area contributed by atoms with Crippen LogP contribution in [0.2, 0.25) is 0 Å². The van der Waals surface area contributed by atoms with Gasteiger partial charge >= 0.3 is 0 Å². The third-order valence-electron chi connectivity index (χ3n) is 4.21. The van der Waals surface area contributed by atoms with Crippen molar-refractivity contribution in [3.05, 3.63) is 35.8 Å². The van der Waals surface area contributed by atoms with E-state index in [4.69, 9.17) is 0 Å². The molecule has 1 atom stereocenters. The third kappa shape index (κ3) is 2.75. The van der Waals surface area contributed by atoms with Gasteiger partial charge in [0.1, 0.15) is 5.65 Å². The predicted molar refractivity (Wildman–Crippen MR) is 79.1 cm³/mol. The van der Waals surface area contributed by atoms with Crippen LogP contribution in [0.5, 0.6) is 0 Å². The Bertz CT molecular complexity index is 605. The number of carbonyl (C=O) groups is 1. The maximum Gasteiger partial charge on any atom is 0.151 e. The van der Waals surface area contributed by atoms with Gasteiger partial charge in [-0.25, -0.2) is 4.98 Å². The fraction of sp³-hybridized carbons (Fsp3) is 0.500. The highest BCUT2D eigenvalue weighted by molar-refractivity contribution is 5.74. The zero-order valence-electron chi connectivity index (χ0n) is 12.0. The molecule has 0 aliphatic carbocycles. The molecule has 2 aromatic heterocycles. The number of pyridine rings is 1. The summed E-state index contributed by atoms with van der Waals surface area (Å²) in [4.78, 5) is 18.0. The molecule has 1 aliphatic rings. The summed E-state index contributed by atoms with van der Waals surface area (Å²) in [5.74, 6) is 0.708. The van der Waals surface area contributed by atoms with Crippen molar-refractivity contribution in [1.82, 2.24) is 14.3 Å². The van der Waals surface area contributed by atoms with Gasteiger partial charge in [0.2, 0.25) is 0 Å². The third-order valence-corrected chi connectivity index (χ3v) is 4.21. The van der Waals surface area contributed by atoms with E-state index in [1.807, 2.05) is 22.7 Å².